The van der Waals surface area contributed by atoms with E-state index in [1.165, 1.54) is 41.1 Å². The molecule has 0 unspecified atom stereocenters. The molecule has 0 bridgehead atoms. The van der Waals surface area contributed by atoms with E-state index < -0.39 is 23.5 Å². The van der Waals surface area contributed by atoms with Crippen LogP contribution in [-0.2, 0) is 12.7 Å². The molecule has 1 heterocycles. The van der Waals surface area contributed by atoms with Gasteiger partial charge in [0, 0.05) is 12.1 Å². The Morgan fingerprint density at radius 1 is 0.906 bits per heavy atom. The lowest BCUT2D eigenvalue weighted by Gasteiger charge is -2.10. The van der Waals surface area contributed by atoms with Crippen LogP contribution in [0.3, 0.4) is 0 Å². The van der Waals surface area contributed by atoms with Crippen molar-refractivity contribution < 1.29 is 22.4 Å². The van der Waals surface area contributed by atoms with Crippen molar-refractivity contribution in [1.82, 2.24) is 15.1 Å². The number of halogens is 4. The molecule has 4 aromatic rings. The fraction of sp³-hybridized carbons (Fsp3) is 0.0833. The van der Waals surface area contributed by atoms with E-state index >= 15 is 0 Å². The number of benzene rings is 3. The Morgan fingerprint density at radius 2 is 1.62 bits per heavy atom. The molecule has 0 aliphatic carbocycles. The smallest absolute Gasteiger partial charge is 0.347 e. The number of carbonyl (C=O) groups excluding carboxylic acids is 1. The quantitative estimate of drug-likeness (QED) is 0.410. The van der Waals surface area contributed by atoms with Gasteiger partial charge in [-0.25, -0.2) is 9.07 Å². The molecule has 4 rings (SSSR count). The van der Waals surface area contributed by atoms with Crippen molar-refractivity contribution in [1.29, 1.82) is 0 Å². The number of nitrogens with one attached hydrogen (secondary N) is 1. The Kier molecular flexibility index (Phi) is 5.77. The number of hydrogen-bond acceptors (Lipinski definition) is 2. The summed E-state index contributed by atoms with van der Waals surface area (Å²) in [6.45, 7) is -0.0992. The molecule has 1 aromatic heterocycles. The maximum Gasteiger partial charge on any atom is 0.416 e. The maximum absolute atomic E-state index is 13.4. The van der Waals surface area contributed by atoms with Crippen molar-refractivity contribution in [3.05, 3.63) is 108 Å². The summed E-state index contributed by atoms with van der Waals surface area (Å²) in [5.41, 5.74) is 1.47. The van der Waals surface area contributed by atoms with Gasteiger partial charge in [-0.15, -0.1) is 0 Å². The Labute approximate surface area is 181 Å². The third-order valence-corrected chi connectivity index (χ3v) is 4.79. The first kappa shape index (κ1) is 21.3. The highest BCUT2D eigenvalue weighted by molar-refractivity contribution is 5.94. The molecule has 0 saturated heterocycles. The van der Waals surface area contributed by atoms with Gasteiger partial charge in [-0.2, -0.15) is 18.3 Å². The Morgan fingerprint density at radius 3 is 2.31 bits per heavy atom. The van der Waals surface area contributed by atoms with Gasteiger partial charge >= 0.3 is 6.18 Å². The highest BCUT2D eigenvalue weighted by Gasteiger charge is 2.30. The second-order valence-electron chi connectivity index (χ2n) is 7.05. The standard InChI is InChI=1S/C24H17F4N3O/c25-19-9-11-20(12-10-19)31-22(14-21(30-31)17-6-2-1-3-7-17)23(32)29-15-16-5-4-8-18(13-16)24(26,27)28/h1-14H,15H2,(H,29,32). The van der Waals surface area contributed by atoms with E-state index in [9.17, 15) is 22.4 Å². The molecule has 8 heteroatoms. The van der Waals surface area contributed by atoms with Gasteiger partial charge in [0.1, 0.15) is 11.5 Å². The zero-order chi connectivity index (χ0) is 22.7. The van der Waals surface area contributed by atoms with E-state index in [1.807, 2.05) is 30.3 Å². The van der Waals surface area contributed by atoms with Gasteiger partial charge in [0.2, 0.25) is 0 Å². The molecule has 0 aliphatic heterocycles. The molecule has 0 atom stereocenters. The van der Waals surface area contributed by atoms with Gasteiger partial charge in [0.25, 0.3) is 5.91 Å². The summed E-state index contributed by atoms with van der Waals surface area (Å²) < 4.78 is 53.6. The molecular weight excluding hydrogens is 422 g/mol. The topological polar surface area (TPSA) is 46.9 Å². The Balaban J connectivity index is 1.63. The van der Waals surface area contributed by atoms with Crippen molar-refractivity contribution >= 4 is 5.91 Å². The first-order chi connectivity index (χ1) is 15.3. The zero-order valence-electron chi connectivity index (χ0n) is 16.6. The second kappa shape index (κ2) is 8.66. The molecular formula is C24H17F4N3O. The van der Waals surface area contributed by atoms with E-state index in [0.717, 1.165) is 17.7 Å². The van der Waals surface area contributed by atoms with Crippen LogP contribution in [0.5, 0.6) is 0 Å². The number of rotatable bonds is 5. The van der Waals surface area contributed by atoms with Crippen molar-refractivity contribution in [3.8, 4) is 16.9 Å². The molecule has 0 aliphatic rings. The van der Waals surface area contributed by atoms with Crippen LogP contribution in [0.25, 0.3) is 16.9 Å². The Hall–Kier alpha value is -3.94. The number of carbonyl (C=O) groups is 1. The van der Waals surface area contributed by atoms with Crippen molar-refractivity contribution in [2.75, 3.05) is 0 Å². The van der Waals surface area contributed by atoms with Crippen LogP contribution in [0.1, 0.15) is 21.6 Å². The molecule has 0 saturated carbocycles. The number of aromatic nitrogens is 2. The van der Waals surface area contributed by atoms with Crippen LogP contribution in [0.2, 0.25) is 0 Å². The lowest BCUT2D eigenvalue weighted by Crippen LogP contribution is -2.25. The first-order valence-corrected chi connectivity index (χ1v) is 9.67. The van der Waals surface area contributed by atoms with E-state index in [-0.39, 0.29) is 12.2 Å². The van der Waals surface area contributed by atoms with E-state index in [1.54, 1.807) is 6.07 Å². The molecule has 4 nitrogen and oxygen atoms in total. The highest BCUT2D eigenvalue weighted by atomic mass is 19.4. The first-order valence-electron chi connectivity index (χ1n) is 9.67. The summed E-state index contributed by atoms with van der Waals surface area (Å²) >= 11 is 0. The van der Waals surface area contributed by atoms with Gasteiger partial charge in [0.05, 0.1) is 16.9 Å². The largest absolute Gasteiger partial charge is 0.416 e. The molecule has 0 spiro atoms. The van der Waals surface area contributed by atoms with Gasteiger partial charge in [-0.1, -0.05) is 42.5 Å². The minimum atomic E-state index is -4.47. The number of alkyl halides is 3. The summed E-state index contributed by atoms with van der Waals surface area (Å²) in [6.07, 6.45) is -4.47. The van der Waals surface area contributed by atoms with Gasteiger partial charge in [0.15, 0.2) is 0 Å². The number of nitrogens with zero attached hydrogens (tertiary/aromatic N) is 2. The average Bonchev–Trinajstić information content (AvgIpc) is 3.24. The second-order valence-corrected chi connectivity index (χ2v) is 7.05. The van der Waals surface area contributed by atoms with Crippen molar-refractivity contribution in [2.24, 2.45) is 0 Å². The van der Waals surface area contributed by atoms with Crippen LogP contribution in [0.15, 0.2) is 84.9 Å². The van der Waals surface area contributed by atoms with Crippen LogP contribution in [-0.4, -0.2) is 15.7 Å². The molecule has 3 aromatic carbocycles. The minimum Gasteiger partial charge on any atom is -0.347 e. The van der Waals surface area contributed by atoms with Crippen molar-refractivity contribution in [3.63, 3.8) is 0 Å². The van der Waals surface area contributed by atoms with Crippen LogP contribution in [0.4, 0.5) is 17.6 Å². The average molecular weight is 439 g/mol. The zero-order valence-corrected chi connectivity index (χ0v) is 16.6. The van der Waals surface area contributed by atoms with E-state index in [2.05, 4.69) is 10.4 Å². The van der Waals surface area contributed by atoms with Crippen molar-refractivity contribution in [2.45, 2.75) is 12.7 Å². The monoisotopic (exact) mass is 439 g/mol. The van der Waals surface area contributed by atoms with Crippen LogP contribution < -0.4 is 5.32 Å². The normalized spacial score (nSPS) is 11.4. The molecule has 0 fully saturated rings. The van der Waals surface area contributed by atoms with E-state index in [0.29, 0.717) is 16.9 Å². The third kappa shape index (κ3) is 4.69. The molecule has 1 amide bonds. The van der Waals surface area contributed by atoms with E-state index in [4.69, 9.17) is 0 Å². The SMILES string of the molecule is O=C(NCc1cccc(C(F)(F)F)c1)c1cc(-c2ccccc2)nn1-c1ccc(F)cc1. The van der Waals surface area contributed by atoms with Gasteiger partial charge in [-0.05, 0) is 48.0 Å². The summed E-state index contributed by atoms with van der Waals surface area (Å²) in [4.78, 5) is 12.9. The third-order valence-electron chi connectivity index (χ3n) is 4.79. The van der Waals surface area contributed by atoms with Gasteiger partial charge < -0.3 is 5.32 Å². The summed E-state index contributed by atoms with van der Waals surface area (Å²) in [5, 5.41) is 7.13. The fourth-order valence-corrected chi connectivity index (χ4v) is 3.20. The minimum absolute atomic E-state index is 0.0992. The molecule has 0 radical (unpaired) electrons. The lowest BCUT2D eigenvalue weighted by molar-refractivity contribution is -0.137. The Bertz CT molecular complexity index is 1230. The summed E-state index contributed by atoms with van der Waals surface area (Å²) in [6, 6.07) is 21.0. The summed E-state index contributed by atoms with van der Waals surface area (Å²) in [7, 11) is 0. The summed E-state index contributed by atoms with van der Waals surface area (Å²) in [5.74, 6) is -0.957. The molecule has 32 heavy (non-hydrogen) atoms. The predicted octanol–water partition coefficient (Wildman–Crippen LogP) is 5.63. The van der Waals surface area contributed by atoms with Crippen LogP contribution >= 0.6 is 0 Å². The number of amides is 1. The highest BCUT2D eigenvalue weighted by Crippen LogP contribution is 2.29. The fourth-order valence-electron chi connectivity index (χ4n) is 3.20. The maximum atomic E-state index is 13.4. The van der Waals surface area contributed by atoms with Crippen LogP contribution in [0, 0.1) is 5.82 Å². The van der Waals surface area contributed by atoms with Gasteiger partial charge in [-0.3, -0.25) is 4.79 Å². The lowest BCUT2D eigenvalue weighted by atomic mass is 10.1. The molecule has 162 valence electrons. The molecule has 1 N–H and O–H groups in total. The predicted molar refractivity (Wildman–Crippen MR) is 112 cm³/mol. The number of hydrogen-bond donors (Lipinski definition) is 1.